The maximum Gasteiger partial charge on any atom is 0.317 e. The number of aliphatic carboxylic acids is 1. The largest absolute Gasteiger partial charge is 0.480 e. The minimum absolute atomic E-state index is 0.0970. The van der Waals surface area contributed by atoms with Gasteiger partial charge in [0.2, 0.25) is 0 Å². The molecule has 0 spiro atoms. The van der Waals surface area contributed by atoms with E-state index in [0.29, 0.717) is 23.0 Å². The van der Waals surface area contributed by atoms with Crippen LogP contribution >= 0.6 is 11.6 Å². The van der Waals surface area contributed by atoms with Crippen LogP contribution < -0.4 is 0 Å². The Morgan fingerprint density at radius 3 is 2.67 bits per heavy atom. The molecule has 0 unspecified atom stereocenters. The molecular weight excluding hydrogens is 257 g/mol. The monoisotopic (exact) mass is 273 g/mol. The number of carbonyl (C=O) groups is 1. The summed E-state index contributed by atoms with van der Waals surface area (Å²) in [5.74, 6) is -0.994. The van der Waals surface area contributed by atoms with E-state index in [-0.39, 0.29) is 13.1 Å². The molecule has 0 fully saturated rings. The Balaban J connectivity index is 2.78. The summed E-state index contributed by atoms with van der Waals surface area (Å²) >= 11 is 5.67. The molecule has 18 heavy (non-hydrogen) atoms. The number of carboxylic acids is 1. The molecule has 0 aliphatic carbocycles. The van der Waals surface area contributed by atoms with Gasteiger partial charge in [-0.3, -0.25) is 9.69 Å². The van der Waals surface area contributed by atoms with Crippen LogP contribution in [0, 0.1) is 11.7 Å². The van der Waals surface area contributed by atoms with Crippen molar-refractivity contribution in [2.75, 3.05) is 13.1 Å². The summed E-state index contributed by atoms with van der Waals surface area (Å²) in [6.07, 6.45) is 0. The average Bonchev–Trinajstić information content (AvgIpc) is 2.20. The van der Waals surface area contributed by atoms with Gasteiger partial charge in [-0.15, -0.1) is 0 Å². The lowest BCUT2D eigenvalue weighted by molar-refractivity contribution is -0.138. The quantitative estimate of drug-likeness (QED) is 0.866. The van der Waals surface area contributed by atoms with Crippen LogP contribution in [-0.2, 0) is 11.3 Å². The third-order valence-electron chi connectivity index (χ3n) is 2.39. The highest BCUT2D eigenvalue weighted by Gasteiger charge is 2.14. The average molecular weight is 274 g/mol. The third-order valence-corrected chi connectivity index (χ3v) is 2.63. The summed E-state index contributed by atoms with van der Waals surface area (Å²) in [5.41, 5.74) is 0.460. The van der Waals surface area contributed by atoms with E-state index in [1.165, 1.54) is 6.07 Å². The Morgan fingerprint density at radius 1 is 1.50 bits per heavy atom. The van der Waals surface area contributed by atoms with Gasteiger partial charge >= 0.3 is 5.97 Å². The zero-order valence-electron chi connectivity index (χ0n) is 10.5. The summed E-state index contributed by atoms with van der Waals surface area (Å²) in [6, 6.07) is 4.44. The number of nitrogens with zero attached hydrogens (tertiary/aromatic N) is 1. The van der Waals surface area contributed by atoms with Crippen molar-refractivity contribution in [3.05, 3.63) is 34.6 Å². The lowest BCUT2D eigenvalue weighted by Gasteiger charge is -2.22. The van der Waals surface area contributed by atoms with Crippen LogP contribution in [0.4, 0.5) is 4.39 Å². The Morgan fingerprint density at radius 2 is 2.17 bits per heavy atom. The molecule has 0 bridgehead atoms. The fourth-order valence-electron chi connectivity index (χ4n) is 1.78. The zero-order valence-corrected chi connectivity index (χ0v) is 11.2. The van der Waals surface area contributed by atoms with Crippen molar-refractivity contribution in [2.45, 2.75) is 20.4 Å². The summed E-state index contributed by atoms with van der Waals surface area (Å²) in [7, 11) is 0. The molecule has 0 saturated heterocycles. The number of hydrogen-bond acceptors (Lipinski definition) is 2. The van der Waals surface area contributed by atoms with Crippen molar-refractivity contribution < 1.29 is 14.3 Å². The van der Waals surface area contributed by atoms with Crippen molar-refractivity contribution >= 4 is 17.6 Å². The lowest BCUT2D eigenvalue weighted by atomic mass is 10.1. The summed E-state index contributed by atoms with van der Waals surface area (Å²) in [5, 5.41) is 9.17. The summed E-state index contributed by atoms with van der Waals surface area (Å²) < 4.78 is 13.6. The van der Waals surface area contributed by atoms with Crippen molar-refractivity contribution in [3.63, 3.8) is 0 Å². The van der Waals surface area contributed by atoms with Crippen LogP contribution in [-0.4, -0.2) is 29.1 Å². The van der Waals surface area contributed by atoms with Gasteiger partial charge in [-0.25, -0.2) is 4.39 Å². The molecule has 0 aliphatic rings. The SMILES string of the molecule is CC(C)CN(CC(=O)O)Cc1ccc(Cl)cc1F. The predicted molar refractivity (Wildman–Crippen MR) is 69.2 cm³/mol. The van der Waals surface area contributed by atoms with Crippen LogP contribution in [0.3, 0.4) is 0 Å². The number of benzene rings is 1. The third kappa shape index (κ3) is 5.02. The first-order valence-electron chi connectivity index (χ1n) is 5.76. The molecule has 1 aromatic carbocycles. The van der Waals surface area contributed by atoms with Gasteiger partial charge in [0, 0.05) is 23.7 Å². The van der Waals surface area contributed by atoms with E-state index in [9.17, 15) is 9.18 Å². The number of hydrogen-bond donors (Lipinski definition) is 1. The van der Waals surface area contributed by atoms with Gasteiger partial charge in [-0.2, -0.15) is 0 Å². The van der Waals surface area contributed by atoms with Crippen LogP contribution in [0.2, 0.25) is 5.02 Å². The predicted octanol–water partition coefficient (Wildman–Crippen LogP) is 3.02. The smallest absolute Gasteiger partial charge is 0.317 e. The second kappa shape index (κ2) is 6.71. The van der Waals surface area contributed by atoms with Gasteiger partial charge in [-0.05, 0) is 18.1 Å². The Labute approximate surface area is 111 Å². The first-order valence-corrected chi connectivity index (χ1v) is 6.14. The van der Waals surface area contributed by atoms with Gasteiger partial charge in [-0.1, -0.05) is 31.5 Å². The molecule has 0 aliphatic heterocycles. The number of halogens is 2. The fourth-order valence-corrected chi connectivity index (χ4v) is 1.94. The minimum atomic E-state index is -0.912. The highest BCUT2D eigenvalue weighted by atomic mass is 35.5. The molecule has 1 N–H and O–H groups in total. The molecule has 0 radical (unpaired) electrons. The molecule has 3 nitrogen and oxygen atoms in total. The first-order chi connectivity index (χ1) is 8.38. The number of rotatable bonds is 6. The van der Waals surface area contributed by atoms with Gasteiger partial charge in [0.15, 0.2) is 0 Å². The van der Waals surface area contributed by atoms with E-state index in [1.54, 1.807) is 17.0 Å². The summed E-state index contributed by atoms with van der Waals surface area (Å²) in [4.78, 5) is 12.5. The molecule has 1 aromatic rings. The number of carboxylic acid groups (broad SMARTS) is 1. The zero-order chi connectivity index (χ0) is 13.7. The molecule has 0 aromatic heterocycles. The van der Waals surface area contributed by atoms with E-state index in [4.69, 9.17) is 16.7 Å². The van der Waals surface area contributed by atoms with E-state index >= 15 is 0 Å². The van der Waals surface area contributed by atoms with Crippen molar-refractivity contribution in [3.8, 4) is 0 Å². The molecule has 0 heterocycles. The standard InChI is InChI=1S/C13H17ClFNO2/c1-9(2)6-16(8-13(17)18)7-10-3-4-11(14)5-12(10)15/h3-5,9H,6-8H2,1-2H3,(H,17,18). The highest BCUT2D eigenvalue weighted by molar-refractivity contribution is 6.30. The van der Waals surface area contributed by atoms with Gasteiger partial charge in [0.25, 0.3) is 0 Å². The maximum absolute atomic E-state index is 13.6. The van der Waals surface area contributed by atoms with Crippen LogP contribution in [0.1, 0.15) is 19.4 Å². The van der Waals surface area contributed by atoms with Crippen molar-refractivity contribution in [2.24, 2.45) is 5.92 Å². The van der Waals surface area contributed by atoms with Crippen LogP contribution in [0.5, 0.6) is 0 Å². The van der Waals surface area contributed by atoms with Gasteiger partial charge in [0.05, 0.1) is 6.54 Å². The highest BCUT2D eigenvalue weighted by Crippen LogP contribution is 2.16. The van der Waals surface area contributed by atoms with E-state index in [1.807, 2.05) is 13.8 Å². The normalized spacial score (nSPS) is 11.2. The molecular formula is C13H17ClFNO2. The lowest BCUT2D eigenvalue weighted by Crippen LogP contribution is -2.32. The molecule has 0 atom stereocenters. The topological polar surface area (TPSA) is 40.5 Å². The molecule has 0 amide bonds. The Bertz CT molecular complexity index is 423. The van der Waals surface area contributed by atoms with Crippen molar-refractivity contribution in [1.29, 1.82) is 0 Å². The maximum atomic E-state index is 13.6. The Kier molecular flexibility index (Phi) is 5.56. The molecule has 5 heteroatoms. The van der Waals surface area contributed by atoms with E-state index in [0.717, 1.165) is 0 Å². The van der Waals surface area contributed by atoms with Crippen LogP contribution in [0.25, 0.3) is 0 Å². The van der Waals surface area contributed by atoms with E-state index in [2.05, 4.69) is 0 Å². The first kappa shape index (κ1) is 14.9. The van der Waals surface area contributed by atoms with Gasteiger partial charge in [0.1, 0.15) is 5.82 Å². The summed E-state index contributed by atoms with van der Waals surface area (Å²) in [6.45, 7) is 4.77. The van der Waals surface area contributed by atoms with Crippen LogP contribution in [0.15, 0.2) is 18.2 Å². The van der Waals surface area contributed by atoms with E-state index < -0.39 is 11.8 Å². The molecule has 0 saturated carbocycles. The molecule has 1 rings (SSSR count). The minimum Gasteiger partial charge on any atom is -0.480 e. The Hall–Kier alpha value is -1.13. The molecule has 100 valence electrons. The second-order valence-corrected chi connectivity index (χ2v) is 5.13. The van der Waals surface area contributed by atoms with Gasteiger partial charge < -0.3 is 5.11 Å². The van der Waals surface area contributed by atoms with Crippen molar-refractivity contribution in [1.82, 2.24) is 4.90 Å². The fraction of sp³-hybridized carbons (Fsp3) is 0.462. The second-order valence-electron chi connectivity index (χ2n) is 4.69.